The molecule has 0 aromatic rings. The summed E-state index contributed by atoms with van der Waals surface area (Å²) in [5.41, 5.74) is -0.190. The molecule has 1 rings (SSSR count). The van der Waals surface area contributed by atoms with Crippen molar-refractivity contribution in [3.05, 3.63) is 0 Å². The maximum absolute atomic E-state index is 11.6. The second-order valence-corrected chi connectivity index (χ2v) is 4.25. The van der Waals surface area contributed by atoms with Crippen LogP contribution in [0.4, 0.5) is 0 Å². The minimum atomic E-state index is -0.190. The van der Waals surface area contributed by atoms with Crippen LogP contribution in [0.3, 0.4) is 0 Å². The highest BCUT2D eigenvalue weighted by atomic mass is 16.2. The Labute approximate surface area is 68.6 Å². The van der Waals surface area contributed by atoms with Crippen molar-refractivity contribution < 1.29 is 4.79 Å². The van der Waals surface area contributed by atoms with Crippen molar-refractivity contribution in [3.63, 3.8) is 0 Å². The van der Waals surface area contributed by atoms with Crippen LogP contribution < -0.4 is 0 Å². The number of rotatable bonds is 0. The second kappa shape index (κ2) is 2.84. The van der Waals surface area contributed by atoms with Crippen LogP contribution in [0.2, 0.25) is 0 Å². The first-order valence-corrected chi connectivity index (χ1v) is 4.31. The Morgan fingerprint density at radius 3 is 2.00 bits per heavy atom. The monoisotopic (exact) mass is 155 g/mol. The van der Waals surface area contributed by atoms with Crippen LogP contribution in [0, 0.1) is 5.41 Å². The highest BCUT2D eigenvalue weighted by Crippen LogP contribution is 2.20. The average Bonchev–Trinajstić information content (AvgIpc) is 2.34. The summed E-state index contributed by atoms with van der Waals surface area (Å²) in [6, 6.07) is 0. The molecule has 0 unspecified atom stereocenters. The van der Waals surface area contributed by atoms with E-state index < -0.39 is 0 Å². The number of carbonyl (C=O) groups is 1. The molecule has 0 radical (unpaired) electrons. The maximum Gasteiger partial charge on any atom is 0.227 e. The highest BCUT2D eigenvalue weighted by Gasteiger charge is 2.28. The van der Waals surface area contributed by atoms with E-state index in [9.17, 15) is 4.79 Å². The molecule has 1 heterocycles. The van der Waals surface area contributed by atoms with Crippen molar-refractivity contribution in [2.45, 2.75) is 33.6 Å². The molecule has 11 heavy (non-hydrogen) atoms. The van der Waals surface area contributed by atoms with Gasteiger partial charge in [0.15, 0.2) is 0 Å². The van der Waals surface area contributed by atoms with Crippen LogP contribution in [0.15, 0.2) is 0 Å². The van der Waals surface area contributed by atoms with Gasteiger partial charge in [0, 0.05) is 18.5 Å². The van der Waals surface area contributed by atoms with Gasteiger partial charge in [0.2, 0.25) is 5.91 Å². The van der Waals surface area contributed by atoms with Crippen molar-refractivity contribution in [2.24, 2.45) is 5.41 Å². The zero-order valence-corrected chi connectivity index (χ0v) is 7.68. The van der Waals surface area contributed by atoms with Crippen molar-refractivity contribution >= 4 is 5.91 Å². The van der Waals surface area contributed by atoms with Crippen molar-refractivity contribution in [1.29, 1.82) is 0 Å². The fraction of sp³-hybridized carbons (Fsp3) is 0.889. The fourth-order valence-corrected chi connectivity index (χ4v) is 1.39. The molecular formula is C9H17NO. The topological polar surface area (TPSA) is 20.3 Å². The van der Waals surface area contributed by atoms with E-state index in [0.717, 1.165) is 13.1 Å². The molecule has 0 aromatic carbocycles. The van der Waals surface area contributed by atoms with Gasteiger partial charge in [-0.3, -0.25) is 4.79 Å². The molecule has 0 bridgehead atoms. The average molecular weight is 155 g/mol. The number of carbonyl (C=O) groups excluding carboxylic acids is 1. The van der Waals surface area contributed by atoms with Gasteiger partial charge in [-0.25, -0.2) is 0 Å². The number of likely N-dealkylation sites (tertiary alicyclic amines) is 1. The van der Waals surface area contributed by atoms with Crippen LogP contribution in [0.1, 0.15) is 33.6 Å². The summed E-state index contributed by atoms with van der Waals surface area (Å²) in [6.07, 6.45) is 2.36. The summed E-state index contributed by atoms with van der Waals surface area (Å²) in [7, 11) is 0. The predicted octanol–water partition coefficient (Wildman–Crippen LogP) is 1.65. The molecule has 2 heteroatoms. The van der Waals surface area contributed by atoms with E-state index >= 15 is 0 Å². The van der Waals surface area contributed by atoms with E-state index in [1.807, 2.05) is 25.7 Å². The lowest BCUT2D eigenvalue weighted by Gasteiger charge is -2.25. The van der Waals surface area contributed by atoms with Crippen LogP contribution in [0.25, 0.3) is 0 Å². The van der Waals surface area contributed by atoms with E-state index in [4.69, 9.17) is 0 Å². The molecule has 1 fully saturated rings. The van der Waals surface area contributed by atoms with Crippen molar-refractivity contribution in [1.82, 2.24) is 4.90 Å². The molecule has 0 aromatic heterocycles. The second-order valence-electron chi connectivity index (χ2n) is 4.25. The van der Waals surface area contributed by atoms with E-state index in [0.29, 0.717) is 5.91 Å². The summed E-state index contributed by atoms with van der Waals surface area (Å²) in [5, 5.41) is 0. The molecule has 64 valence electrons. The standard InChI is InChI=1S/C9H17NO/c1-9(2,3)8(11)10-6-4-5-7-10/h4-7H2,1-3H3. The molecule has 0 spiro atoms. The van der Waals surface area contributed by atoms with Crippen LogP contribution in [0.5, 0.6) is 0 Å². The van der Waals surface area contributed by atoms with E-state index in [-0.39, 0.29) is 5.41 Å². The molecule has 1 amide bonds. The van der Waals surface area contributed by atoms with Gasteiger partial charge in [0.25, 0.3) is 0 Å². The summed E-state index contributed by atoms with van der Waals surface area (Å²) < 4.78 is 0. The van der Waals surface area contributed by atoms with Crippen molar-refractivity contribution in [2.75, 3.05) is 13.1 Å². The molecule has 2 nitrogen and oxygen atoms in total. The molecule has 0 N–H and O–H groups in total. The van der Waals surface area contributed by atoms with Gasteiger partial charge in [0.05, 0.1) is 0 Å². The quantitative estimate of drug-likeness (QED) is 0.521. The number of hydrogen-bond donors (Lipinski definition) is 0. The van der Waals surface area contributed by atoms with Crippen LogP contribution in [-0.4, -0.2) is 23.9 Å². The minimum absolute atomic E-state index is 0.190. The Morgan fingerprint density at radius 1 is 1.18 bits per heavy atom. The Kier molecular flexibility index (Phi) is 2.21. The van der Waals surface area contributed by atoms with Gasteiger partial charge in [-0.2, -0.15) is 0 Å². The maximum atomic E-state index is 11.6. The first kappa shape index (κ1) is 8.57. The molecule has 0 saturated carbocycles. The molecule has 1 saturated heterocycles. The zero-order chi connectivity index (χ0) is 8.48. The molecular weight excluding hydrogens is 138 g/mol. The Hall–Kier alpha value is -0.530. The summed E-state index contributed by atoms with van der Waals surface area (Å²) in [6.45, 7) is 7.88. The summed E-state index contributed by atoms with van der Waals surface area (Å²) >= 11 is 0. The van der Waals surface area contributed by atoms with Crippen LogP contribution in [-0.2, 0) is 4.79 Å². The van der Waals surface area contributed by atoms with Gasteiger partial charge >= 0.3 is 0 Å². The Morgan fingerprint density at radius 2 is 1.64 bits per heavy atom. The smallest absolute Gasteiger partial charge is 0.227 e. The number of nitrogens with zero attached hydrogens (tertiary/aromatic N) is 1. The third-order valence-corrected chi connectivity index (χ3v) is 2.03. The fourth-order valence-electron chi connectivity index (χ4n) is 1.39. The first-order valence-electron chi connectivity index (χ1n) is 4.31. The summed E-state index contributed by atoms with van der Waals surface area (Å²) in [5.74, 6) is 0.301. The summed E-state index contributed by atoms with van der Waals surface area (Å²) in [4.78, 5) is 13.6. The van der Waals surface area contributed by atoms with Crippen molar-refractivity contribution in [3.8, 4) is 0 Å². The third-order valence-electron chi connectivity index (χ3n) is 2.03. The lowest BCUT2D eigenvalue weighted by atomic mass is 9.95. The third kappa shape index (κ3) is 1.95. The largest absolute Gasteiger partial charge is 0.342 e. The number of amides is 1. The first-order chi connectivity index (χ1) is 5.02. The van der Waals surface area contributed by atoms with Gasteiger partial charge in [0.1, 0.15) is 0 Å². The van der Waals surface area contributed by atoms with E-state index in [1.165, 1.54) is 12.8 Å². The van der Waals surface area contributed by atoms with Gasteiger partial charge in [-0.05, 0) is 12.8 Å². The van der Waals surface area contributed by atoms with Gasteiger partial charge in [-0.1, -0.05) is 20.8 Å². The lowest BCUT2D eigenvalue weighted by Crippen LogP contribution is -2.37. The predicted molar refractivity (Wildman–Crippen MR) is 45.3 cm³/mol. The SMILES string of the molecule is CC(C)(C)C(=O)N1CCCC1. The Bertz CT molecular complexity index is 151. The zero-order valence-electron chi connectivity index (χ0n) is 7.68. The molecule has 1 aliphatic heterocycles. The van der Waals surface area contributed by atoms with Gasteiger partial charge < -0.3 is 4.90 Å². The Balaban J connectivity index is 2.53. The highest BCUT2D eigenvalue weighted by molar-refractivity contribution is 5.81. The lowest BCUT2D eigenvalue weighted by molar-refractivity contribution is -0.138. The number of hydrogen-bond acceptors (Lipinski definition) is 1. The molecule has 0 atom stereocenters. The van der Waals surface area contributed by atoms with Gasteiger partial charge in [-0.15, -0.1) is 0 Å². The van der Waals surface area contributed by atoms with E-state index in [1.54, 1.807) is 0 Å². The normalized spacial score (nSPS) is 19.0. The minimum Gasteiger partial charge on any atom is -0.342 e. The van der Waals surface area contributed by atoms with E-state index in [2.05, 4.69) is 0 Å². The molecule has 0 aliphatic carbocycles. The van der Waals surface area contributed by atoms with Crippen LogP contribution >= 0.6 is 0 Å². The molecule has 1 aliphatic rings.